The summed E-state index contributed by atoms with van der Waals surface area (Å²) >= 11 is 0. The number of allylic oxidation sites excluding steroid dienone is 5. The van der Waals surface area contributed by atoms with Gasteiger partial charge in [0.25, 0.3) is 0 Å². The van der Waals surface area contributed by atoms with Crippen molar-refractivity contribution in [3.05, 3.63) is 47.5 Å². The Balaban J connectivity index is 1.97. The minimum absolute atomic E-state index is 0.203. The van der Waals surface area contributed by atoms with Gasteiger partial charge in [0, 0.05) is 18.0 Å². The maximum Gasteiger partial charge on any atom is 0.166 e. The van der Waals surface area contributed by atoms with Crippen LogP contribution in [0.5, 0.6) is 0 Å². The van der Waals surface area contributed by atoms with Crippen LogP contribution in [0.4, 0.5) is 0 Å². The van der Waals surface area contributed by atoms with Gasteiger partial charge < -0.3 is 14.8 Å². The lowest BCUT2D eigenvalue weighted by Gasteiger charge is -2.22. The summed E-state index contributed by atoms with van der Waals surface area (Å²) < 4.78 is 12.0. The Kier molecular flexibility index (Phi) is 3.74. The van der Waals surface area contributed by atoms with Gasteiger partial charge in [0.15, 0.2) is 11.5 Å². The lowest BCUT2D eigenvalue weighted by atomic mass is 10.0. The first-order valence-corrected chi connectivity index (χ1v) is 7.17. The molecule has 2 unspecified atom stereocenters. The van der Waals surface area contributed by atoms with Crippen LogP contribution >= 0.6 is 0 Å². The van der Waals surface area contributed by atoms with E-state index in [4.69, 9.17) is 9.47 Å². The average molecular weight is 259 g/mol. The molecule has 0 radical (unpaired) electrons. The molecular weight excluding hydrogens is 238 g/mol. The Morgan fingerprint density at radius 2 is 2.16 bits per heavy atom. The molecule has 0 bridgehead atoms. The van der Waals surface area contributed by atoms with Gasteiger partial charge in [-0.3, -0.25) is 0 Å². The van der Waals surface area contributed by atoms with Gasteiger partial charge in [0.2, 0.25) is 0 Å². The molecule has 3 heteroatoms. The second kappa shape index (κ2) is 5.66. The second-order valence-electron chi connectivity index (χ2n) is 5.27. The van der Waals surface area contributed by atoms with E-state index in [1.807, 2.05) is 18.2 Å². The van der Waals surface area contributed by atoms with Crippen LogP contribution in [0.3, 0.4) is 0 Å². The zero-order valence-corrected chi connectivity index (χ0v) is 11.4. The van der Waals surface area contributed by atoms with Crippen LogP contribution < -0.4 is 5.32 Å². The SMILES string of the molecule is CC1CCOC2=C(O1)/C(C1CCCN1)=C\C=C\C=C2. The van der Waals surface area contributed by atoms with E-state index in [1.54, 1.807) is 0 Å². The van der Waals surface area contributed by atoms with Crippen molar-refractivity contribution < 1.29 is 9.47 Å². The summed E-state index contributed by atoms with van der Waals surface area (Å²) in [5.74, 6) is 1.79. The minimum atomic E-state index is 0.203. The normalized spacial score (nSPS) is 35.1. The minimum Gasteiger partial charge on any atom is -0.490 e. The molecule has 102 valence electrons. The van der Waals surface area contributed by atoms with E-state index in [9.17, 15) is 0 Å². The Bertz CT molecular complexity index is 453. The van der Waals surface area contributed by atoms with Crippen LogP contribution in [-0.2, 0) is 9.47 Å². The third kappa shape index (κ3) is 2.76. The summed E-state index contributed by atoms with van der Waals surface area (Å²) in [6, 6.07) is 0.384. The van der Waals surface area contributed by atoms with Crippen LogP contribution in [0.15, 0.2) is 47.5 Å². The number of nitrogens with one attached hydrogen (secondary N) is 1. The van der Waals surface area contributed by atoms with E-state index < -0.39 is 0 Å². The third-order valence-corrected chi connectivity index (χ3v) is 3.77. The molecule has 0 aromatic carbocycles. The van der Waals surface area contributed by atoms with Crippen molar-refractivity contribution in [2.75, 3.05) is 13.2 Å². The molecule has 1 saturated heterocycles. The van der Waals surface area contributed by atoms with E-state index in [0.717, 1.165) is 37.5 Å². The van der Waals surface area contributed by atoms with Crippen molar-refractivity contribution in [3.8, 4) is 0 Å². The molecule has 0 spiro atoms. The molecule has 1 fully saturated rings. The van der Waals surface area contributed by atoms with Crippen molar-refractivity contribution in [1.82, 2.24) is 5.32 Å². The standard InChI is InChI=1S/C16H21NO2/c1-12-9-11-18-15-8-4-2-3-6-13(16(15)19-12)14-7-5-10-17-14/h2-4,6,8,12,14,17H,5,7,9-11H2,1H3/b3-2+,4-2?,6-3?,8-4?,13-6-,15-8?,16-13?. The second-order valence-corrected chi connectivity index (χ2v) is 5.27. The third-order valence-electron chi connectivity index (χ3n) is 3.77. The molecule has 1 N–H and O–H groups in total. The van der Waals surface area contributed by atoms with Crippen molar-refractivity contribution in [2.24, 2.45) is 0 Å². The van der Waals surface area contributed by atoms with E-state index in [2.05, 4.69) is 24.4 Å². The molecule has 0 aromatic heterocycles. The zero-order chi connectivity index (χ0) is 13.1. The van der Waals surface area contributed by atoms with Gasteiger partial charge >= 0.3 is 0 Å². The van der Waals surface area contributed by atoms with E-state index in [-0.39, 0.29) is 6.10 Å². The monoisotopic (exact) mass is 259 g/mol. The topological polar surface area (TPSA) is 30.5 Å². The van der Waals surface area contributed by atoms with E-state index in [1.165, 1.54) is 12.0 Å². The number of rotatable bonds is 1. The molecule has 3 rings (SSSR count). The Hall–Kier alpha value is -1.48. The van der Waals surface area contributed by atoms with Crippen molar-refractivity contribution in [2.45, 2.75) is 38.3 Å². The summed E-state index contributed by atoms with van der Waals surface area (Å²) in [6.07, 6.45) is 13.8. The van der Waals surface area contributed by atoms with Crippen LogP contribution in [0.2, 0.25) is 0 Å². The van der Waals surface area contributed by atoms with Crippen LogP contribution in [-0.4, -0.2) is 25.3 Å². The molecule has 0 amide bonds. The Labute approximate surface area is 114 Å². The van der Waals surface area contributed by atoms with Crippen LogP contribution in [0, 0.1) is 0 Å². The van der Waals surface area contributed by atoms with Gasteiger partial charge in [-0.1, -0.05) is 24.3 Å². The molecular formula is C16H21NO2. The van der Waals surface area contributed by atoms with Crippen LogP contribution in [0.25, 0.3) is 0 Å². The predicted molar refractivity (Wildman–Crippen MR) is 75.5 cm³/mol. The highest BCUT2D eigenvalue weighted by Crippen LogP contribution is 2.30. The van der Waals surface area contributed by atoms with E-state index in [0.29, 0.717) is 6.04 Å². The first-order chi connectivity index (χ1) is 9.34. The van der Waals surface area contributed by atoms with E-state index >= 15 is 0 Å². The largest absolute Gasteiger partial charge is 0.490 e. The van der Waals surface area contributed by atoms with Gasteiger partial charge in [-0.15, -0.1) is 0 Å². The first-order valence-electron chi connectivity index (χ1n) is 7.17. The van der Waals surface area contributed by atoms with Crippen LogP contribution in [0.1, 0.15) is 26.2 Å². The van der Waals surface area contributed by atoms with Crippen molar-refractivity contribution in [3.63, 3.8) is 0 Å². The van der Waals surface area contributed by atoms with Gasteiger partial charge in [0.05, 0.1) is 12.7 Å². The summed E-state index contributed by atoms with van der Waals surface area (Å²) in [5, 5.41) is 3.55. The van der Waals surface area contributed by atoms with Crippen molar-refractivity contribution >= 4 is 0 Å². The quantitative estimate of drug-likeness (QED) is 0.785. The fourth-order valence-electron chi connectivity index (χ4n) is 2.72. The lowest BCUT2D eigenvalue weighted by Crippen LogP contribution is -2.26. The first kappa shape index (κ1) is 12.5. The maximum absolute atomic E-state index is 6.14. The molecule has 0 saturated carbocycles. The highest BCUT2D eigenvalue weighted by atomic mass is 16.5. The summed E-state index contributed by atoms with van der Waals surface area (Å²) in [6.45, 7) is 3.91. The fraction of sp³-hybridized carbons (Fsp3) is 0.500. The molecule has 19 heavy (non-hydrogen) atoms. The highest BCUT2D eigenvalue weighted by Gasteiger charge is 2.27. The molecule has 2 heterocycles. The highest BCUT2D eigenvalue weighted by molar-refractivity contribution is 5.42. The van der Waals surface area contributed by atoms with Gasteiger partial charge in [-0.2, -0.15) is 0 Å². The molecule has 0 aromatic rings. The molecule has 2 aliphatic heterocycles. The smallest absolute Gasteiger partial charge is 0.166 e. The number of ether oxygens (including phenoxy) is 2. The average Bonchev–Trinajstić information content (AvgIpc) is 2.84. The maximum atomic E-state index is 6.14. The fourth-order valence-corrected chi connectivity index (χ4v) is 2.72. The summed E-state index contributed by atoms with van der Waals surface area (Å²) in [4.78, 5) is 0. The summed E-state index contributed by atoms with van der Waals surface area (Å²) in [5.41, 5.74) is 1.22. The number of hydrogen-bond donors (Lipinski definition) is 1. The molecule has 1 aliphatic carbocycles. The van der Waals surface area contributed by atoms with Gasteiger partial charge in [-0.25, -0.2) is 0 Å². The molecule has 3 nitrogen and oxygen atoms in total. The Morgan fingerprint density at radius 1 is 1.21 bits per heavy atom. The summed E-state index contributed by atoms with van der Waals surface area (Å²) in [7, 11) is 0. The van der Waals surface area contributed by atoms with Gasteiger partial charge in [-0.05, 0) is 32.4 Å². The predicted octanol–water partition coefficient (Wildman–Crippen LogP) is 2.83. The Morgan fingerprint density at radius 3 is 3.00 bits per heavy atom. The lowest BCUT2D eigenvalue weighted by molar-refractivity contribution is 0.130. The molecule has 3 aliphatic rings. The van der Waals surface area contributed by atoms with Crippen molar-refractivity contribution in [1.29, 1.82) is 0 Å². The number of hydrogen-bond acceptors (Lipinski definition) is 3. The van der Waals surface area contributed by atoms with Gasteiger partial charge in [0.1, 0.15) is 0 Å². The molecule has 2 atom stereocenters. The zero-order valence-electron chi connectivity index (χ0n) is 11.4.